The summed E-state index contributed by atoms with van der Waals surface area (Å²) in [5, 5.41) is 8.09. The molecular formula is C19H29N5O4. The highest BCUT2D eigenvalue weighted by Crippen LogP contribution is 2.16. The molecule has 1 heterocycles. The molecule has 1 aliphatic rings. The van der Waals surface area contributed by atoms with E-state index in [1.807, 2.05) is 18.7 Å². The Labute approximate surface area is 165 Å². The van der Waals surface area contributed by atoms with E-state index in [0.29, 0.717) is 37.6 Å². The second-order valence-corrected chi connectivity index (χ2v) is 6.88. The van der Waals surface area contributed by atoms with Gasteiger partial charge in [-0.25, -0.2) is 4.79 Å². The van der Waals surface area contributed by atoms with Crippen LogP contribution in [-0.4, -0.2) is 61.6 Å². The Balaban J connectivity index is 1.89. The first-order valence-electron chi connectivity index (χ1n) is 9.46. The minimum atomic E-state index is -0.737. The third-order valence-electron chi connectivity index (χ3n) is 4.70. The number of rotatable bonds is 8. The largest absolute Gasteiger partial charge is 0.379 e. The number of urea groups is 1. The molecule has 5 N–H and O–H groups in total. The van der Waals surface area contributed by atoms with Crippen molar-refractivity contribution in [2.75, 3.05) is 43.5 Å². The second kappa shape index (κ2) is 10.6. The molecule has 1 fully saturated rings. The highest BCUT2D eigenvalue weighted by Gasteiger charge is 2.25. The molecule has 2 rings (SSSR count). The van der Waals surface area contributed by atoms with Gasteiger partial charge in [-0.1, -0.05) is 20.3 Å². The van der Waals surface area contributed by atoms with Crippen molar-refractivity contribution >= 4 is 29.2 Å². The van der Waals surface area contributed by atoms with E-state index in [-0.39, 0.29) is 17.7 Å². The molecular weight excluding hydrogens is 362 g/mol. The van der Waals surface area contributed by atoms with Crippen LogP contribution in [0.15, 0.2) is 24.3 Å². The van der Waals surface area contributed by atoms with Gasteiger partial charge in [0.15, 0.2) is 0 Å². The van der Waals surface area contributed by atoms with Gasteiger partial charge in [0, 0.05) is 24.5 Å². The molecule has 0 aromatic heterocycles. The Morgan fingerprint density at radius 2 is 1.68 bits per heavy atom. The van der Waals surface area contributed by atoms with Gasteiger partial charge in [0.1, 0.15) is 6.04 Å². The first kappa shape index (κ1) is 21.6. The van der Waals surface area contributed by atoms with E-state index in [2.05, 4.69) is 16.0 Å². The van der Waals surface area contributed by atoms with Gasteiger partial charge in [0.25, 0.3) is 0 Å². The van der Waals surface area contributed by atoms with Gasteiger partial charge in [-0.05, 0) is 30.2 Å². The number of hydrogen-bond donors (Lipinski definition) is 4. The monoisotopic (exact) mass is 391 g/mol. The zero-order chi connectivity index (χ0) is 20.5. The summed E-state index contributed by atoms with van der Waals surface area (Å²) in [6.45, 7) is 6.89. The van der Waals surface area contributed by atoms with Gasteiger partial charge in [0.2, 0.25) is 11.8 Å². The molecule has 0 radical (unpaired) electrons. The number of primary amides is 1. The second-order valence-electron chi connectivity index (χ2n) is 6.88. The first-order valence-corrected chi connectivity index (χ1v) is 9.46. The van der Waals surface area contributed by atoms with Crippen molar-refractivity contribution in [3.8, 4) is 0 Å². The van der Waals surface area contributed by atoms with Crippen LogP contribution in [0.3, 0.4) is 0 Å². The maximum absolute atomic E-state index is 12.5. The summed E-state index contributed by atoms with van der Waals surface area (Å²) in [7, 11) is 0. The van der Waals surface area contributed by atoms with E-state index in [0.717, 1.165) is 13.1 Å². The average Bonchev–Trinajstić information content (AvgIpc) is 2.67. The van der Waals surface area contributed by atoms with E-state index < -0.39 is 12.1 Å². The number of carbonyl (C=O) groups is 3. The Kier molecular flexibility index (Phi) is 8.21. The fourth-order valence-electron chi connectivity index (χ4n) is 2.87. The first-order chi connectivity index (χ1) is 13.4. The number of ether oxygens (including phenoxy) is 1. The molecule has 0 unspecified atom stereocenters. The van der Waals surface area contributed by atoms with Crippen LogP contribution in [0.5, 0.6) is 0 Å². The van der Waals surface area contributed by atoms with Crippen molar-refractivity contribution in [2.45, 2.75) is 26.3 Å². The molecule has 0 spiro atoms. The van der Waals surface area contributed by atoms with Crippen LogP contribution in [-0.2, 0) is 14.3 Å². The van der Waals surface area contributed by atoms with Crippen molar-refractivity contribution in [3.05, 3.63) is 24.3 Å². The molecule has 2 atom stereocenters. The number of nitrogens with two attached hydrogens (primary N) is 1. The molecule has 0 bridgehead atoms. The molecule has 1 saturated heterocycles. The number of nitrogens with one attached hydrogen (secondary N) is 3. The average molecular weight is 391 g/mol. The highest BCUT2D eigenvalue weighted by atomic mass is 16.5. The maximum Gasteiger partial charge on any atom is 0.312 e. The summed E-state index contributed by atoms with van der Waals surface area (Å²) < 4.78 is 5.27. The molecule has 9 heteroatoms. The Hall–Kier alpha value is -2.65. The van der Waals surface area contributed by atoms with Crippen LogP contribution in [0.4, 0.5) is 16.2 Å². The van der Waals surface area contributed by atoms with Crippen molar-refractivity contribution in [3.63, 3.8) is 0 Å². The van der Waals surface area contributed by atoms with Gasteiger partial charge in [-0.3, -0.25) is 14.5 Å². The predicted octanol–water partition coefficient (Wildman–Crippen LogP) is 0.979. The lowest BCUT2D eigenvalue weighted by atomic mass is 9.98. The van der Waals surface area contributed by atoms with E-state index in [1.165, 1.54) is 0 Å². The van der Waals surface area contributed by atoms with Gasteiger partial charge in [-0.2, -0.15) is 0 Å². The Bertz CT molecular complexity index is 673. The van der Waals surface area contributed by atoms with Crippen LogP contribution >= 0.6 is 0 Å². The van der Waals surface area contributed by atoms with Crippen LogP contribution < -0.4 is 21.7 Å². The highest BCUT2D eigenvalue weighted by molar-refractivity contribution is 5.97. The summed E-state index contributed by atoms with van der Waals surface area (Å²) in [6.07, 6.45) is 0.715. The standard InChI is InChI=1S/C19H29N5O4/c1-3-13(2)17(23-19(20)27)18(26)22-15-6-4-14(5-7-15)21-16(25)12-24-8-10-28-11-9-24/h4-7,13,17H,3,8-12H2,1-2H3,(H,21,25)(H,22,26)(H3,20,23,27)/t13-,17-/m1/s1. The number of carbonyl (C=O) groups excluding carboxylic acids is 3. The molecule has 9 nitrogen and oxygen atoms in total. The maximum atomic E-state index is 12.5. The minimum absolute atomic E-state index is 0.0637. The summed E-state index contributed by atoms with van der Waals surface area (Å²) in [6, 6.07) is 5.37. The molecule has 0 aliphatic carbocycles. The summed E-state index contributed by atoms with van der Waals surface area (Å²) in [5.41, 5.74) is 6.38. The third-order valence-corrected chi connectivity index (χ3v) is 4.70. The van der Waals surface area contributed by atoms with Gasteiger partial charge in [0.05, 0.1) is 19.8 Å². The smallest absolute Gasteiger partial charge is 0.312 e. The summed E-state index contributed by atoms with van der Waals surface area (Å²) >= 11 is 0. The quantitative estimate of drug-likeness (QED) is 0.526. The van der Waals surface area contributed by atoms with Gasteiger partial charge >= 0.3 is 6.03 Å². The lowest BCUT2D eigenvalue weighted by molar-refractivity contribution is -0.119. The van der Waals surface area contributed by atoms with Crippen LogP contribution in [0.25, 0.3) is 0 Å². The van der Waals surface area contributed by atoms with Crippen molar-refractivity contribution < 1.29 is 19.1 Å². The SMILES string of the molecule is CC[C@@H](C)[C@@H](NC(N)=O)C(=O)Nc1ccc(NC(=O)CN2CCOCC2)cc1. The zero-order valence-corrected chi connectivity index (χ0v) is 16.4. The number of anilines is 2. The van der Waals surface area contributed by atoms with Gasteiger partial charge < -0.3 is 26.4 Å². The van der Waals surface area contributed by atoms with Crippen LogP contribution in [0.2, 0.25) is 0 Å². The predicted molar refractivity (Wildman–Crippen MR) is 107 cm³/mol. The lowest BCUT2D eigenvalue weighted by Gasteiger charge is -2.25. The minimum Gasteiger partial charge on any atom is -0.379 e. The fraction of sp³-hybridized carbons (Fsp3) is 0.526. The number of amides is 4. The van der Waals surface area contributed by atoms with Crippen molar-refractivity contribution in [1.82, 2.24) is 10.2 Å². The fourth-order valence-corrected chi connectivity index (χ4v) is 2.87. The molecule has 4 amide bonds. The number of nitrogens with zero attached hydrogens (tertiary/aromatic N) is 1. The molecule has 0 saturated carbocycles. The van der Waals surface area contributed by atoms with Crippen LogP contribution in [0.1, 0.15) is 20.3 Å². The van der Waals surface area contributed by atoms with Crippen LogP contribution in [0, 0.1) is 5.92 Å². The van der Waals surface area contributed by atoms with E-state index in [9.17, 15) is 14.4 Å². The van der Waals surface area contributed by atoms with E-state index in [1.54, 1.807) is 24.3 Å². The lowest BCUT2D eigenvalue weighted by Crippen LogP contribution is -2.49. The number of morpholine rings is 1. The summed E-state index contributed by atoms with van der Waals surface area (Å²) in [5.74, 6) is -0.496. The molecule has 1 aliphatic heterocycles. The van der Waals surface area contributed by atoms with Gasteiger partial charge in [-0.15, -0.1) is 0 Å². The van der Waals surface area contributed by atoms with E-state index in [4.69, 9.17) is 10.5 Å². The number of hydrogen-bond acceptors (Lipinski definition) is 5. The Morgan fingerprint density at radius 3 is 2.21 bits per heavy atom. The topological polar surface area (TPSA) is 126 Å². The molecule has 28 heavy (non-hydrogen) atoms. The van der Waals surface area contributed by atoms with Crippen molar-refractivity contribution in [2.24, 2.45) is 11.7 Å². The van der Waals surface area contributed by atoms with Crippen molar-refractivity contribution in [1.29, 1.82) is 0 Å². The number of benzene rings is 1. The molecule has 154 valence electrons. The summed E-state index contributed by atoms with van der Waals surface area (Å²) in [4.78, 5) is 37.8. The van der Waals surface area contributed by atoms with E-state index >= 15 is 0 Å². The third kappa shape index (κ3) is 6.82. The normalized spacial score (nSPS) is 16.6. The Morgan fingerprint density at radius 1 is 1.11 bits per heavy atom. The zero-order valence-electron chi connectivity index (χ0n) is 16.4. The molecule has 1 aromatic carbocycles. The molecule has 1 aromatic rings.